The summed E-state index contributed by atoms with van der Waals surface area (Å²) in [6, 6.07) is 6.88. The normalized spacial score (nSPS) is 17.2. The summed E-state index contributed by atoms with van der Waals surface area (Å²) in [5.41, 5.74) is 0. The molecular formula is C17H26BrN3O3S. The lowest BCUT2D eigenvalue weighted by molar-refractivity contribution is -0.132. The Morgan fingerprint density at radius 3 is 2.44 bits per heavy atom. The minimum atomic E-state index is -3.53. The predicted octanol–water partition coefficient (Wildman–Crippen LogP) is 2.01. The zero-order valence-electron chi connectivity index (χ0n) is 14.8. The van der Waals surface area contributed by atoms with Crippen LogP contribution in [0.4, 0.5) is 0 Å². The second-order valence-electron chi connectivity index (χ2n) is 6.03. The van der Waals surface area contributed by atoms with Gasteiger partial charge < -0.3 is 4.90 Å². The lowest BCUT2D eigenvalue weighted by atomic mass is 10.3. The first-order chi connectivity index (χ1) is 11.9. The first kappa shape index (κ1) is 20.4. The van der Waals surface area contributed by atoms with Crippen LogP contribution < -0.4 is 0 Å². The van der Waals surface area contributed by atoms with Crippen molar-refractivity contribution in [3.05, 3.63) is 28.7 Å². The van der Waals surface area contributed by atoms with Crippen LogP contribution in [0.25, 0.3) is 0 Å². The van der Waals surface area contributed by atoms with Gasteiger partial charge in [-0.05, 0) is 54.9 Å². The first-order valence-corrected chi connectivity index (χ1v) is 10.9. The van der Waals surface area contributed by atoms with Gasteiger partial charge in [0, 0.05) is 37.2 Å². The van der Waals surface area contributed by atoms with Crippen LogP contribution in [-0.2, 0) is 14.8 Å². The third-order valence-electron chi connectivity index (χ3n) is 4.48. The van der Waals surface area contributed by atoms with Crippen molar-refractivity contribution in [2.45, 2.75) is 25.2 Å². The molecule has 1 fully saturated rings. The van der Waals surface area contributed by atoms with Crippen molar-refractivity contribution in [1.29, 1.82) is 0 Å². The quantitative estimate of drug-likeness (QED) is 0.690. The molecule has 1 aromatic carbocycles. The highest BCUT2D eigenvalue weighted by molar-refractivity contribution is 9.10. The molecule has 1 aliphatic rings. The molecule has 0 unspecified atom stereocenters. The van der Waals surface area contributed by atoms with Crippen molar-refractivity contribution in [1.82, 2.24) is 14.1 Å². The molecule has 0 radical (unpaired) electrons. The fourth-order valence-corrected chi connectivity index (χ4v) is 5.44. The number of halogens is 1. The maximum absolute atomic E-state index is 12.9. The van der Waals surface area contributed by atoms with Gasteiger partial charge in [0.1, 0.15) is 0 Å². The van der Waals surface area contributed by atoms with Crippen LogP contribution in [0, 0.1) is 0 Å². The Kier molecular flexibility index (Phi) is 7.42. The highest BCUT2D eigenvalue weighted by atomic mass is 79.9. The molecule has 0 aliphatic carbocycles. The Balaban J connectivity index is 2.04. The van der Waals surface area contributed by atoms with E-state index in [-0.39, 0.29) is 5.91 Å². The number of sulfonamides is 1. The topological polar surface area (TPSA) is 60.9 Å². The standard InChI is InChI=1S/C17H26BrN3O3S/c1-3-20(4-2)17(22)14-19-10-7-11-21(13-12-19)25(23,24)16-9-6-5-8-15(16)18/h5-6,8-9H,3-4,7,10-14H2,1-2H3. The van der Waals surface area contributed by atoms with Gasteiger partial charge in [-0.1, -0.05) is 12.1 Å². The van der Waals surface area contributed by atoms with Crippen LogP contribution >= 0.6 is 15.9 Å². The number of nitrogens with zero attached hydrogens (tertiary/aromatic N) is 3. The fourth-order valence-electron chi connectivity index (χ4n) is 3.01. The second-order valence-corrected chi connectivity index (χ2v) is 8.79. The summed E-state index contributed by atoms with van der Waals surface area (Å²) in [6.45, 7) is 7.86. The number of hydrogen-bond donors (Lipinski definition) is 0. The Morgan fingerprint density at radius 2 is 1.80 bits per heavy atom. The van der Waals surface area contributed by atoms with Crippen LogP contribution in [-0.4, -0.2) is 74.2 Å². The summed E-state index contributed by atoms with van der Waals surface area (Å²) in [6.07, 6.45) is 0.717. The fraction of sp³-hybridized carbons (Fsp3) is 0.588. The summed E-state index contributed by atoms with van der Waals surface area (Å²) in [5.74, 6) is 0.104. The molecule has 0 N–H and O–H groups in total. The number of likely N-dealkylation sites (N-methyl/N-ethyl adjacent to an activating group) is 1. The van der Waals surface area contributed by atoms with Gasteiger partial charge in [-0.15, -0.1) is 0 Å². The summed E-state index contributed by atoms with van der Waals surface area (Å²) >= 11 is 3.33. The minimum absolute atomic E-state index is 0.104. The molecule has 0 aromatic heterocycles. The Hall–Kier alpha value is -0.960. The number of amides is 1. The van der Waals surface area contributed by atoms with E-state index in [1.54, 1.807) is 29.2 Å². The maximum Gasteiger partial charge on any atom is 0.244 e. The zero-order chi connectivity index (χ0) is 18.4. The van der Waals surface area contributed by atoms with Crippen LogP contribution in [0.5, 0.6) is 0 Å². The number of carbonyl (C=O) groups excluding carboxylic acids is 1. The molecule has 0 saturated carbocycles. The van der Waals surface area contributed by atoms with Gasteiger partial charge in [-0.2, -0.15) is 4.31 Å². The molecule has 8 heteroatoms. The van der Waals surface area contributed by atoms with Gasteiger partial charge in [0.15, 0.2) is 0 Å². The van der Waals surface area contributed by atoms with E-state index >= 15 is 0 Å². The summed E-state index contributed by atoms with van der Waals surface area (Å²) in [5, 5.41) is 0. The van der Waals surface area contributed by atoms with Gasteiger partial charge in [0.05, 0.1) is 11.4 Å². The average Bonchev–Trinajstić information content (AvgIpc) is 2.82. The Morgan fingerprint density at radius 1 is 1.12 bits per heavy atom. The van der Waals surface area contributed by atoms with Crippen LogP contribution in [0.15, 0.2) is 33.6 Å². The molecule has 6 nitrogen and oxygen atoms in total. The van der Waals surface area contributed by atoms with E-state index in [1.807, 2.05) is 13.8 Å². The number of hydrogen-bond acceptors (Lipinski definition) is 4. The molecule has 1 aromatic rings. The first-order valence-electron chi connectivity index (χ1n) is 8.65. The summed E-state index contributed by atoms with van der Waals surface area (Å²) in [4.78, 5) is 16.4. The van der Waals surface area contributed by atoms with E-state index in [2.05, 4.69) is 20.8 Å². The lowest BCUT2D eigenvalue weighted by Gasteiger charge is -2.25. The molecule has 140 valence electrons. The lowest BCUT2D eigenvalue weighted by Crippen LogP contribution is -2.42. The van der Waals surface area contributed by atoms with Gasteiger partial charge in [-0.3, -0.25) is 9.69 Å². The molecule has 25 heavy (non-hydrogen) atoms. The van der Waals surface area contributed by atoms with Crippen LogP contribution in [0.3, 0.4) is 0 Å². The van der Waals surface area contributed by atoms with E-state index in [4.69, 9.17) is 0 Å². The van der Waals surface area contributed by atoms with Crippen molar-refractivity contribution in [2.75, 3.05) is 45.8 Å². The molecule has 2 rings (SSSR count). The van der Waals surface area contributed by atoms with Gasteiger partial charge in [0.25, 0.3) is 0 Å². The number of benzene rings is 1. The van der Waals surface area contributed by atoms with E-state index in [0.29, 0.717) is 48.6 Å². The van der Waals surface area contributed by atoms with Crippen molar-refractivity contribution in [3.8, 4) is 0 Å². The molecule has 1 saturated heterocycles. The Bertz CT molecular complexity index is 692. The zero-order valence-corrected chi connectivity index (χ0v) is 17.2. The smallest absolute Gasteiger partial charge is 0.244 e. The monoisotopic (exact) mass is 431 g/mol. The van der Waals surface area contributed by atoms with E-state index in [9.17, 15) is 13.2 Å². The molecule has 0 atom stereocenters. The average molecular weight is 432 g/mol. The number of carbonyl (C=O) groups is 1. The van der Waals surface area contributed by atoms with Crippen LogP contribution in [0.2, 0.25) is 0 Å². The second kappa shape index (κ2) is 9.12. The molecule has 1 aliphatic heterocycles. The van der Waals surface area contributed by atoms with E-state index in [1.165, 1.54) is 4.31 Å². The highest BCUT2D eigenvalue weighted by Gasteiger charge is 2.29. The van der Waals surface area contributed by atoms with E-state index in [0.717, 1.165) is 13.0 Å². The molecule has 0 spiro atoms. The van der Waals surface area contributed by atoms with Crippen molar-refractivity contribution in [3.63, 3.8) is 0 Å². The largest absolute Gasteiger partial charge is 0.342 e. The van der Waals surface area contributed by atoms with Crippen molar-refractivity contribution < 1.29 is 13.2 Å². The highest BCUT2D eigenvalue weighted by Crippen LogP contribution is 2.25. The molecule has 0 bridgehead atoms. The summed E-state index contributed by atoms with van der Waals surface area (Å²) < 4.78 is 27.9. The van der Waals surface area contributed by atoms with Gasteiger partial charge >= 0.3 is 0 Å². The van der Waals surface area contributed by atoms with E-state index < -0.39 is 10.0 Å². The molecule has 1 heterocycles. The minimum Gasteiger partial charge on any atom is -0.342 e. The van der Waals surface area contributed by atoms with Crippen LogP contribution in [0.1, 0.15) is 20.3 Å². The maximum atomic E-state index is 12.9. The summed E-state index contributed by atoms with van der Waals surface area (Å²) in [7, 11) is -3.53. The Labute approximate surface area is 159 Å². The number of rotatable bonds is 6. The van der Waals surface area contributed by atoms with Gasteiger partial charge in [0.2, 0.25) is 15.9 Å². The third kappa shape index (κ3) is 5.03. The third-order valence-corrected chi connectivity index (χ3v) is 7.39. The molecular weight excluding hydrogens is 406 g/mol. The van der Waals surface area contributed by atoms with Crippen molar-refractivity contribution in [2.24, 2.45) is 0 Å². The van der Waals surface area contributed by atoms with Gasteiger partial charge in [-0.25, -0.2) is 8.42 Å². The predicted molar refractivity (Wildman–Crippen MR) is 102 cm³/mol. The SMILES string of the molecule is CCN(CC)C(=O)CN1CCCN(S(=O)(=O)c2ccccc2Br)CC1. The molecule has 1 amide bonds. The van der Waals surface area contributed by atoms with Crippen molar-refractivity contribution >= 4 is 31.9 Å².